The highest BCUT2D eigenvalue weighted by Gasteiger charge is 2.04. The minimum Gasteiger partial charge on any atom is -0.494 e. The molecule has 0 saturated carbocycles. The van der Waals surface area contributed by atoms with Gasteiger partial charge in [0.25, 0.3) is 5.91 Å². The summed E-state index contributed by atoms with van der Waals surface area (Å²) in [5.74, 6) is -0.0900. The summed E-state index contributed by atoms with van der Waals surface area (Å²) in [6.45, 7) is 2.93. The van der Waals surface area contributed by atoms with Crippen LogP contribution < -0.4 is 10.2 Å². The number of rotatable bonds is 10. The zero-order valence-corrected chi connectivity index (χ0v) is 15.1. The molecule has 138 valence electrons. The Bertz CT molecular complexity index is 714. The number of hydrogen-bond donors (Lipinski definition) is 1. The summed E-state index contributed by atoms with van der Waals surface area (Å²) in [5, 5.41) is 3.89. The quantitative estimate of drug-likeness (QED) is 0.372. The van der Waals surface area contributed by atoms with Gasteiger partial charge in [-0.3, -0.25) is 4.79 Å². The van der Waals surface area contributed by atoms with Crippen molar-refractivity contribution in [3.05, 3.63) is 65.5 Å². The van der Waals surface area contributed by atoms with Gasteiger partial charge in [0, 0.05) is 5.56 Å². The van der Waals surface area contributed by atoms with Crippen LogP contribution in [0.1, 0.15) is 54.9 Å². The molecule has 0 fully saturated rings. The van der Waals surface area contributed by atoms with Crippen molar-refractivity contribution in [2.45, 2.75) is 39.0 Å². The highest BCUT2D eigenvalue weighted by molar-refractivity contribution is 5.94. The van der Waals surface area contributed by atoms with Gasteiger partial charge in [0.05, 0.1) is 12.8 Å². The molecule has 0 bridgehead atoms. The van der Waals surface area contributed by atoms with Gasteiger partial charge in [-0.05, 0) is 54.4 Å². The molecule has 1 amide bonds. The smallest absolute Gasteiger partial charge is 0.271 e. The van der Waals surface area contributed by atoms with Crippen LogP contribution in [0.2, 0.25) is 0 Å². The number of amides is 1. The molecule has 26 heavy (non-hydrogen) atoms. The van der Waals surface area contributed by atoms with Crippen LogP contribution in [0.5, 0.6) is 5.75 Å². The van der Waals surface area contributed by atoms with Gasteiger partial charge < -0.3 is 4.74 Å². The van der Waals surface area contributed by atoms with Crippen molar-refractivity contribution in [1.29, 1.82) is 0 Å². The molecule has 4 nitrogen and oxygen atoms in total. The Morgan fingerprint density at radius 2 is 1.88 bits per heavy atom. The SMILES string of the molecule is CCCCCCCOc1ccc(C=NNC(=O)c2cccc(F)c2)cc1. The van der Waals surface area contributed by atoms with E-state index < -0.39 is 11.7 Å². The van der Waals surface area contributed by atoms with Gasteiger partial charge >= 0.3 is 0 Å². The molecule has 0 spiro atoms. The second-order valence-corrected chi connectivity index (χ2v) is 6.04. The molecular weight excluding hydrogens is 331 g/mol. The summed E-state index contributed by atoms with van der Waals surface area (Å²) in [7, 11) is 0. The van der Waals surface area contributed by atoms with Gasteiger partial charge in [-0.2, -0.15) is 5.10 Å². The predicted molar refractivity (Wildman–Crippen MR) is 102 cm³/mol. The van der Waals surface area contributed by atoms with Gasteiger partial charge in [-0.15, -0.1) is 0 Å². The number of halogens is 1. The molecule has 2 aromatic rings. The Kier molecular flexibility index (Phi) is 8.33. The summed E-state index contributed by atoms with van der Waals surface area (Å²) in [5.41, 5.74) is 3.44. The van der Waals surface area contributed by atoms with Gasteiger partial charge in [0.15, 0.2) is 0 Å². The zero-order valence-electron chi connectivity index (χ0n) is 15.1. The van der Waals surface area contributed by atoms with E-state index in [9.17, 15) is 9.18 Å². The van der Waals surface area contributed by atoms with Crippen LogP contribution in [0.25, 0.3) is 0 Å². The zero-order chi connectivity index (χ0) is 18.6. The average Bonchev–Trinajstić information content (AvgIpc) is 2.65. The molecule has 0 aliphatic carbocycles. The highest BCUT2D eigenvalue weighted by atomic mass is 19.1. The van der Waals surface area contributed by atoms with Crippen molar-refractivity contribution in [3.8, 4) is 5.75 Å². The van der Waals surface area contributed by atoms with Gasteiger partial charge in [0.1, 0.15) is 11.6 Å². The number of unbranched alkanes of at least 4 members (excludes halogenated alkanes) is 4. The Labute approximate surface area is 154 Å². The van der Waals surface area contributed by atoms with E-state index in [1.165, 1.54) is 56.2 Å². The Morgan fingerprint density at radius 3 is 2.62 bits per heavy atom. The van der Waals surface area contributed by atoms with Crippen LogP contribution in [0.15, 0.2) is 53.6 Å². The van der Waals surface area contributed by atoms with E-state index in [1.54, 1.807) is 0 Å². The van der Waals surface area contributed by atoms with Crippen molar-refractivity contribution < 1.29 is 13.9 Å². The molecule has 0 aromatic heterocycles. The lowest BCUT2D eigenvalue weighted by atomic mass is 10.2. The minimum atomic E-state index is -0.456. The summed E-state index contributed by atoms with van der Waals surface area (Å²) in [6, 6.07) is 12.9. The first-order valence-electron chi connectivity index (χ1n) is 9.01. The van der Waals surface area contributed by atoms with E-state index in [-0.39, 0.29) is 5.56 Å². The molecule has 0 aliphatic heterocycles. The van der Waals surface area contributed by atoms with Crippen LogP contribution in [0, 0.1) is 5.82 Å². The number of ether oxygens (including phenoxy) is 1. The van der Waals surface area contributed by atoms with Crippen molar-refractivity contribution in [3.63, 3.8) is 0 Å². The molecule has 5 heteroatoms. The fourth-order valence-electron chi connectivity index (χ4n) is 2.41. The lowest BCUT2D eigenvalue weighted by Crippen LogP contribution is -2.17. The molecule has 0 radical (unpaired) electrons. The number of nitrogens with zero attached hydrogens (tertiary/aromatic N) is 1. The summed E-state index contributed by atoms with van der Waals surface area (Å²) in [4.78, 5) is 11.8. The predicted octanol–water partition coefficient (Wildman–Crippen LogP) is 4.94. The van der Waals surface area contributed by atoms with Crippen molar-refractivity contribution >= 4 is 12.1 Å². The van der Waals surface area contributed by atoms with Crippen molar-refractivity contribution in [1.82, 2.24) is 5.43 Å². The number of carbonyl (C=O) groups is 1. The molecule has 2 rings (SSSR count). The van der Waals surface area contributed by atoms with Crippen LogP contribution in [-0.2, 0) is 0 Å². The molecule has 0 unspecified atom stereocenters. The highest BCUT2D eigenvalue weighted by Crippen LogP contribution is 2.12. The average molecular weight is 356 g/mol. The van der Waals surface area contributed by atoms with E-state index in [1.807, 2.05) is 24.3 Å². The number of hydrogen-bond acceptors (Lipinski definition) is 3. The van der Waals surface area contributed by atoms with Gasteiger partial charge in [-0.25, -0.2) is 9.82 Å². The Hall–Kier alpha value is -2.69. The first kappa shape index (κ1) is 19.6. The lowest BCUT2D eigenvalue weighted by molar-refractivity contribution is 0.0954. The lowest BCUT2D eigenvalue weighted by Gasteiger charge is -2.06. The first-order chi connectivity index (χ1) is 12.7. The van der Waals surface area contributed by atoms with E-state index >= 15 is 0 Å². The largest absolute Gasteiger partial charge is 0.494 e. The second-order valence-electron chi connectivity index (χ2n) is 6.04. The summed E-state index contributed by atoms with van der Waals surface area (Å²) in [6.07, 6.45) is 7.58. The third-order valence-corrected chi connectivity index (χ3v) is 3.86. The maximum absolute atomic E-state index is 13.1. The summed E-state index contributed by atoms with van der Waals surface area (Å²) >= 11 is 0. The van der Waals surface area contributed by atoms with Crippen LogP contribution >= 0.6 is 0 Å². The third-order valence-electron chi connectivity index (χ3n) is 3.86. The molecule has 0 aliphatic rings. The minimum absolute atomic E-state index is 0.227. The molecule has 0 saturated heterocycles. The summed E-state index contributed by atoms with van der Waals surface area (Å²) < 4.78 is 18.8. The van der Waals surface area contributed by atoms with Crippen molar-refractivity contribution in [2.24, 2.45) is 5.10 Å². The van der Waals surface area contributed by atoms with E-state index in [0.29, 0.717) is 0 Å². The Morgan fingerprint density at radius 1 is 1.12 bits per heavy atom. The normalized spacial score (nSPS) is 10.8. The maximum atomic E-state index is 13.1. The second kappa shape index (κ2) is 11.0. The van der Waals surface area contributed by atoms with Crippen LogP contribution in [0.4, 0.5) is 4.39 Å². The topological polar surface area (TPSA) is 50.7 Å². The van der Waals surface area contributed by atoms with Crippen LogP contribution in [-0.4, -0.2) is 18.7 Å². The molecule has 2 aromatic carbocycles. The molecule has 0 atom stereocenters. The molecular formula is C21H25FN2O2. The standard InChI is InChI=1S/C21H25FN2O2/c1-2-3-4-5-6-14-26-20-12-10-17(11-13-20)16-23-24-21(25)18-8-7-9-19(22)15-18/h7-13,15-16H,2-6,14H2,1H3,(H,24,25). The number of hydrazone groups is 1. The first-order valence-corrected chi connectivity index (χ1v) is 9.01. The fourth-order valence-corrected chi connectivity index (χ4v) is 2.41. The molecule has 0 heterocycles. The van der Waals surface area contributed by atoms with Gasteiger partial charge in [-0.1, -0.05) is 38.7 Å². The fraction of sp³-hybridized carbons (Fsp3) is 0.333. The van der Waals surface area contributed by atoms with Crippen molar-refractivity contribution in [2.75, 3.05) is 6.61 Å². The van der Waals surface area contributed by atoms with Gasteiger partial charge in [0.2, 0.25) is 0 Å². The number of benzene rings is 2. The van der Waals surface area contributed by atoms with Crippen LogP contribution in [0.3, 0.4) is 0 Å². The van der Waals surface area contributed by atoms with E-state index in [2.05, 4.69) is 17.5 Å². The van der Waals surface area contributed by atoms with E-state index in [4.69, 9.17) is 4.74 Å². The monoisotopic (exact) mass is 356 g/mol. The number of nitrogens with one attached hydrogen (secondary N) is 1. The third kappa shape index (κ3) is 7.05. The maximum Gasteiger partial charge on any atom is 0.271 e. The number of carbonyl (C=O) groups excluding carboxylic acids is 1. The Balaban J connectivity index is 1.74. The molecule has 1 N–H and O–H groups in total. The van der Waals surface area contributed by atoms with E-state index in [0.717, 1.165) is 24.3 Å².